The van der Waals surface area contributed by atoms with Gasteiger partial charge in [0.15, 0.2) is 5.13 Å². The van der Waals surface area contributed by atoms with Crippen molar-refractivity contribution in [3.63, 3.8) is 0 Å². The summed E-state index contributed by atoms with van der Waals surface area (Å²) in [6.45, 7) is 7.47. The summed E-state index contributed by atoms with van der Waals surface area (Å²) in [7, 11) is 0. The van der Waals surface area contributed by atoms with Gasteiger partial charge in [-0.15, -0.1) is 0 Å². The van der Waals surface area contributed by atoms with Crippen molar-refractivity contribution >= 4 is 28.3 Å². The van der Waals surface area contributed by atoms with Gasteiger partial charge in [0.2, 0.25) is 0 Å². The molecule has 2 aromatic rings. The number of nitrogens with zero attached hydrogens (tertiary/aromatic N) is 2. The molecule has 0 aliphatic rings. The van der Waals surface area contributed by atoms with Gasteiger partial charge in [-0.25, -0.2) is 14.8 Å². The molecule has 0 atom stereocenters. The maximum Gasteiger partial charge on any atom is 0.350 e. The molecule has 0 bridgehead atoms. The number of amides is 1. The number of aromatic nitrogens is 2. The van der Waals surface area contributed by atoms with Crippen molar-refractivity contribution in [2.24, 2.45) is 0 Å². The number of thiazole rings is 1. The molecule has 22 heavy (non-hydrogen) atoms. The second kappa shape index (κ2) is 6.65. The van der Waals surface area contributed by atoms with Gasteiger partial charge in [0.05, 0.1) is 12.3 Å². The summed E-state index contributed by atoms with van der Waals surface area (Å²) in [6.07, 6.45) is 0. The minimum Gasteiger partial charge on any atom is -0.462 e. The van der Waals surface area contributed by atoms with E-state index >= 15 is 0 Å². The van der Waals surface area contributed by atoms with Crippen LogP contribution in [0, 0.1) is 20.8 Å². The number of carbonyl (C=O) groups is 2. The third kappa shape index (κ3) is 3.67. The third-order valence-corrected chi connectivity index (χ3v) is 3.86. The maximum absolute atomic E-state index is 12.2. The van der Waals surface area contributed by atoms with Crippen LogP contribution in [0.25, 0.3) is 0 Å². The number of carbonyl (C=O) groups excluding carboxylic acids is 2. The van der Waals surface area contributed by atoms with Crippen molar-refractivity contribution in [1.82, 2.24) is 9.97 Å². The summed E-state index contributed by atoms with van der Waals surface area (Å²) in [4.78, 5) is 32.7. The Kier molecular flexibility index (Phi) is 4.87. The second-order valence-corrected chi connectivity index (χ2v) is 5.78. The molecule has 2 rings (SSSR count). The zero-order valence-electron chi connectivity index (χ0n) is 12.9. The monoisotopic (exact) mass is 319 g/mol. The zero-order chi connectivity index (χ0) is 16.3. The molecular weight excluding hydrogens is 302 g/mol. The van der Waals surface area contributed by atoms with E-state index in [4.69, 9.17) is 4.74 Å². The Hall–Kier alpha value is -2.28. The highest BCUT2D eigenvalue weighted by atomic mass is 32.1. The van der Waals surface area contributed by atoms with Crippen LogP contribution >= 0.6 is 11.3 Å². The summed E-state index contributed by atoms with van der Waals surface area (Å²) < 4.78 is 4.95. The van der Waals surface area contributed by atoms with Crippen molar-refractivity contribution < 1.29 is 14.3 Å². The molecule has 0 saturated heterocycles. The first-order chi connectivity index (χ1) is 10.4. The highest BCUT2D eigenvalue weighted by Gasteiger charge is 2.18. The molecule has 116 valence electrons. The maximum atomic E-state index is 12.2. The topological polar surface area (TPSA) is 81.2 Å². The first kappa shape index (κ1) is 16.1. The molecule has 0 aliphatic heterocycles. The highest BCUT2D eigenvalue weighted by Crippen LogP contribution is 2.23. The molecule has 0 aromatic carbocycles. The number of hydrogen-bond donors (Lipinski definition) is 1. The van der Waals surface area contributed by atoms with Gasteiger partial charge in [-0.1, -0.05) is 11.3 Å². The van der Waals surface area contributed by atoms with Gasteiger partial charge in [0.25, 0.3) is 5.91 Å². The largest absolute Gasteiger partial charge is 0.462 e. The number of esters is 1. The lowest BCUT2D eigenvalue weighted by Gasteiger charge is -2.03. The average Bonchev–Trinajstić information content (AvgIpc) is 2.78. The Balaban J connectivity index is 2.18. The van der Waals surface area contributed by atoms with Crippen molar-refractivity contribution in [2.75, 3.05) is 11.9 Å². The second-order valence-electron chi connectivity index (χ2n) is 4.78. The summed E-state index contributed by atoms with van der Waals surface area (Å²) in [6, 6.07) is 3.60. The summed E-state index contributed by atoms with van der Waals surface area (Å²) in [5.41, 5.74) is 2.59. The predicted octanol–water partition coefficient (Wildman–Crippen LogP) is 2.89. The fourth-order valence-corrected chi connectivity index (χ4v) is 2.81. The van der Waals surface area contributed by atoms with E-state index in [2.05, 4.69) is 15.3 Å². The Morgan fingerprint density at radius 2 is 1.95 bits per heavy atom. The number of nitrogens with one attached hydrogen (secondary N) is 1. The lowest BCUT2D eigenvalue weighted by molar-refractivity contribution is 0.0531. The quantitative estimate of drug-likeness (QED) is 0.876. The van der Waals surface area contributed by atoms with Crippen LogP contribution in [0.5, 0.6) is 0 Å². The van der Waals surface area contributed by atoms with Crippen molar-refractivity contribution in [3.8, 4) is 0 Å². The Morgan fingerprint density at radius 3 is 2.59 bits per heavy atom. The van der Waals surface area contributed by atoms with E-state index in [9.17, 15) is 9.59 Å². The smallest absolute Gasteiger partial charge is 0.350 e. The van der Waals surface area contributed by atoms with Crippen molar-refractivity contribution in [1.29, 1.82) is 0 Å². The van der Waals surface area contributed by atoms with Crippen molar-refractivity contribution in [3.05, 3.63) is 39.7 Å². The summed E-state index contributed by atoms with van der Waals surface area (Å²) >= 11 is 1.09. The Labute approximate surface area is 132 Å². The van der Waals surface area contributed by atoms with E-state index in [0.717, 1.165) is 22.6 Å². The molecule has 7 heteroatoms. The van der Waals surface area contributed by atoms with E-state index in [0.29, 0.717) is 28.0 Å². The van der Waals surface area contributed by atoms with Crippen molar-refractivity contribution in [2.45, 2.75) is 27.7 Å². The lowest BCUT2D eigenvalue weighted by Crippen LogP contribution is -2.14. The molecule has 0 aliphatic carbocycles. The molecule has 0 saturated carbocycles. The highest BCUT2D eigenvalue weighted by molar-refractivity contribution is 7.17. The number of hydrogen-bond acceptors (Lipinski definition) is 6. The first-order valence-electron chi connectivity index (χ1n) is 6.82. The van der Waals surface area contributed by atoms with Crippen LogP contribution in [0.3, 0.4) is 0 Å². The molecule has 0 radical (unpaired) electrons. The molecule has 6 nitrogen and oxygen atoms in total. The average molecular weight is 319 g/mol. The van der Waals surface area contributed by atoms with Crippen LogP contribution in [-0.4, -0.2) is 28.5 Å². The molecule has 2 aromatic heterocycles. The van der Waals surface area contributed by atoms with E-state index in [1.54, 1.807) is 19.9 Å². The minimum atomic E-state index is -0.428. The predicted molar refractivity (Wildman–Crippen MR) is 84.5 cm³/mol. The van der Waals surface area contributed by atoms with Gasteiger partial charge in [0.1, 0.15) is 10.6 Å². The first-order valence-corrected chi connectivity index (χ1v) is 7.63. The third-order valence-electron chi connectivity index (χ3n) is 2.81. The Morgan fingerprint density at radius 1 is 1.23 bits per heavy atom. The normalized spacial score (nSPS) is 10.4. The Bertz CT molecular complexity index is 705. The van der Waals surface area contributed by atoms with Gasteiger partial charge < -0.3 is 4.74 Å². The molecule has 0 spiro atoms. The van der Waals surface area contributed by atoms with Gasteiger partial charge in [-0.05, 0) is 45.4 Å². The van der Waals surface area contributed by atoms with Crippen LogP contribution in [0.1, 0.15) is 44.0 Å². The lowest BCUT2D eigenvalue weighted by atomic mass is 10.2. The number of anilines is 1. The van der Waals surface area contributed by atoms with Crippen LogP contribution in [0.2, 0.25) is 0 Å². The number of ether oxygens (including phenoxy) is 1. The van der Waals surface area contributed by atoms with Crippen LogP contribution in [0.4, 0.5) is 5.13 Å². The van der Waals surface area contributed by atoms with Crippen LogP contribution in [0.15, 0.2) is 12.1 Å². The van der Waals surface area contributed by atoms with E-state index < -0.39 is 5.97 Å². The summed E-state index contributed by atoms with van der Waals surface area (Å²) in [5.74, 6) is -0.779. The van der Waals surface area contributed by atoms with E-state index in [-0.39, 0.29) is 5.91 Å². The number of rotatable bonds is 4. The zero-order valence-corrected chi connectivity index (χ0v) is 13.7. The van der Waals surface area contributed by atoms with Gasteiger partial charge in [-0.3, -0.25) is 10.1 Å². The van der Waals surface area contributed by atoms with Crippen LogP contribution in [-0.2, 0) is 4.74 Å². The van der Waals surface area contributed by atoms with Gasteiger partial charge >= 0.3 is 5.97 Å². The molecule has 2 heterocycles. The molecule has 0 fully saturated rings. The van der Waals surface area contributed by atoms with Gasteiger partial charge in [0, 0.05) is 5.69 Å². The van der Waals surface area contributed by atoms with E-state index in [1.807, 2.05) is 19.9 Å². The number of aryl methyl sites for hydroxylation is 3. The molecule has 0 unspecified atom stereocenters. The van der Waals surface area contributed by atoms with Gasteiger partial charge in [-0.2, -0.15) is 0 Å². The molecular formula is C15H17N3O3S. The fraction of sp³-hybridized carbons (Fsp3) is 0.333. The molecule has 1 N–H and O–H groups in total. The molecule has 1 amide bonds. The minimum absolute atomic E-state index is 0.296. The standard InChI is InChI=1S/C15H17N3O3S/c1-5-21-14(20)12-10(4)17-15(22-12)18-13(19)11-7-8(2)6-9(3)16-11/h6-7H,5H2,1-4H3,(H,17,18,19). The number of pyridine rings is 1. The SMILES string of the molecule is CCOC(=O)c1sc(NC(=O)c2cc(C)cc(C)n2)nc1C. The van der Waals surface area contributed by atoms with E-state index in [1.165, 1.54) is 0 Å². The fourth-order valence-electron chi connectivity index (χ4n) is 1.95. The van der Waals surface area contributed by atoms with Crippen LogP contribution < -0.4 is 5.32 Å². The summed E-state index contributed by atoms with van der Waals surface area (Å²) in [5, 5.41) is 3.02.